The van der Waals surface area contributed by atoms with Crippen molar-refractivity contribution in [3.63, 3.8) is 0 Å². The molecule has 19 heavy (non-hydrogen) atoms. The van der Waals surface area contributed by atoms with Crippen LogP contribution in [0.25, 0.3) is 11.0 Å². The van der Waals surface area contributed by atoms with Gasteiger partial charge in [0.2, 0.25) is 0 Å². The Labute approximate surface area is 113 Å². The molecular formula is C15H21N3O. The number of imidazole rings is 1. The van der Waals surface area contributed by atoms with Crippen LogP contribution in [0.2, 0.25) is 0 Å². The lowest BCUT2D eigenvalue weighted by molar-refractivity contribution is 0.269. The van der Waals surface area contributed by atoms with Gasteiger partial charge >= 0.3 is 0 Å². The Hall–Kier alpha value is -1.58. The third kappa shape index (κ3) is 2.57. The fourth-order valence-electron chi connectivity index (χ4n) is 3.00. The van der Waals surface area contributed by atoms with E-state index in [1.54, 1.807) is 0 Å². The maximum absolute atomic E-state index is 5.69. The molecule has 4 nitrogen and oxygen atoms in total. The summed E-state index contributed by atoms with van der Waals surface area (Å²) in [4.78, 5) is 8.69. The van der Waals surface area contributed by atoms with Crippen molar-refractivity contribution in [2.45, 2.75) is 45.6 Å². The molecule has 4 heteroatoms. The average molecular weight is 259 g/mol. The van der Waals surface area contributed by atoms with Gasteiger partial charge in [0, 0.05) is 12.7 Å². The maximum atomic E-state index is 5.69. The van der Waals surface area contributed by atoms with E-state index in [0.29, 0.717) is 6.61 Å². The second kappa shape index (κ2) is 5.59. The summed E-state index contributed by atoms with van der Waals surface area (Å²) in [5.74, 6) is 0.763. The Kier molecular flexibility index (Phi) is 3.67. The minimum atomic E-state index is 0.654. The molecule has 0 aromatic carbocycles. The van der Waals surface area contributed by atoms with Crippen molar-refractivity contribution in [2.75, 3.05) is 6.61 Å². The van der Waals surface area contributed by atoms with Crippen molar-refractivity contribution in [3.8, 4) is 6.01 Å². The van der Waals surface area contributed by atoms with Crippen molar-refractivity contribution >= 4 is 11.0 Å². The van der Waals surface area contributed by atoms with E-state index in [2.05, 4.69) is 14.5 Å². The molecule has 2 aromatic heterocycles. The van der Waals surface area contributed by atoms with Gasteiger partial charge in [0.25, 0.3) is 6.01 Å². The normalized spacial score (nSPS) is 16.9. The Balaban J connectivity index is 1.92. The van der Waals surface area contributed by atoms with E-state index in [9.17, 15) is 0 Å². The lowest BCUT2D eigenvalue weighted by Crippen LogP contribution is -2.15. The second-order valence-electron chi connectivity index (χ2n) is 5.31. The van der Waals surface area contributed by atoms with Crippen molar-refractivity contribution < 1.29 is 4.74 Å². The summed E-state index contributed by atoms with van der Waals surface area (Å²) in [5, 5.41) is 0. The number of ether oxygens (including phenoxy) is 1. The first-order valence-electron chi connectivity index (χ1n) is 7.31. The van der Waals surface area contributed by atoms with Gasteiger partial charge in [-0.1, -0.05) is 19.3 Å². The van der Waals surface area contributed by atoms with Gasteiger partial charge in [-0.2, -0.15) is 4.98 Å². The van der Waals surface area contributed by atoms with Gasteiger partial charge in [-0.3, -0.25) is 9.55 Å². The van der Waals surface area contributed by atoms with E-state index in [-0.39, 0.29) is 0 Å². The van der Waals surface area contributed by atoms with Gasteiger partial charge in [0.15, 0.2) is 0 Å². The van der Waals surface area contributed by atoms with Gasteiger partial charge in [-0.25, -0.2) is 0 Å². The van der Waals surface area contributed by atoms with Crippen LogP contribution in [0.3, 0.4) is 0 Å². The minimum absolute atomic E-state index is 0.654. The molecule has 2 heterocycles. The van der Waals surface area contributed by atoms with Crippen molar-refractivity contribution in [2.24, 2.45) is 5.92 Å². The summed E-state index contributed by atoms with van der Waals surface area (Å²) in [6.45, 7) is 3.68. The summed E-state index contributed by atoms with van der Waals surface area (Å²) in [6, 6.07) is 2.78. The predicted octanol–water partition coefficient (Wildman–Crippen LogP) is 3.41. The zero-order valence-corrected chi connectivity index (χ0v) is 11.5. The molecule has 0 unspecified atom stereocenters. The number of fused-ring (bicyclic) bond motifs is 1. The zero-order valence-electron chi connectivity index (χ0n) is 11.5. The van der Waals surface area contributed by atoms with Gasteiger partial charge in [-0.05, 0) is 31.7 Å². The SMILES string of the molecule is CCOc1nc2cnccc2n1CC1CCCCC1. The lowest BCUT2D eigenvalue weighted by Gasteiger charge is -2.22. The number of pyridine rings is 1. The summed E-state index contributed by atoms with van der Waals surface area (Å²) in [5.41, 5.74) is 2.07. The van der Waals surface area contributed by atoms with E-state index < -0.39 is 0 Å². The van der Waals surface area contributed by atoms with Crippen LogP contribution in [0.4, 0.5) is 0 Å². The molecule has 3 rings (SSSR count). The molecule has 1 aliphatic rings. The maximum Gasteiger partial charge on any atom is 0.297 e. The molecule has 0 bridgehead atoms. The Morgan fingerprint density at radius 1 is 1.32 bits per heavy atom. The largest absolute Gasteiger partial charge is 0.465 e. The smallest absolute Gasteiger partial charge is 0.297 e. The van der Waals surface area contributed by atoms with Crippen LogP contribution in [-0.4, -0.2) is 21.1 Å². The van der Waals surface area contributed by atoms with Crippen LogP contribution >= 0.6 is 0 Å². The molecule has 0 amide bonds. The van der Waals surface area contributed by atoms with E-state index in [1.165, 1.54) is 32.1 Å². The number of aromatic nitrogens is 3. The topological polar surface area (TPSA) is 39.9 Å². The monoisotopic (exact) mass is 259 g/mol. The second-order valence-corrected chi connectivity index (χ2v) is 5.31. The molecule has 0 aliphatic heterocycles. The molecule has 0 saturated heterocycles. The van der Waals surface area contributed by atoms with Crippen LogP contribution in [0, 0.1) is 5.92 Å². The van der Waals surface area contributed by atoms with Crippen LogP contribution < -0.4 is 4.74 Å². The van der Waals surface area contributed by atoms with E-state index in [4.69, 9.17) is 4.74 Å². The third-order valence-electron chi connectivity index (χ3n) is 3.95. The number of hydrogen-bond acceptors (Lipinski definition) is 3. The van der Waals surface area contributed by atoms with Crippen LogP contribution in [0.1, 0.15) is 39.0 Å². The van der Waals surface area contributed by atoms with E-state index in [0.717, 1.165) is 29.5 Å². The molecule has 1 fully saturated rings. The first-order chi connectivity index (χ1) is 9.38. The quantitative estimate of drug-likeness (QED) is 0.844. The first kappa shape index (κ1) is 12.5. The Morgan fingerprint density at radius 2 is 2.16 bits per heavy atom. The highest BCUT2D eigenvalue weighted by molar-refractivity contribution is 5.75. The highest BCUT2D eigenvalue weighted by Crippen LogP contribution is 2.29. The summed E-state index contributed by atoms with van der Waals surface area (Å²) in [6.07, 6.45) is 10.4. The molecule has 0 spiro atoms. The first-order valence-corrected chi connectivity index (χ1v) is 7.31. The summed E-state index contributed by atoms with van der Waals surface area (Å²) >= 11 is 0. The molecule has 2 aromatic rings. The average Bonchev–Trinajstić information content (AvgIpc) is 2.79. The van der Waals surface area contributed by atoms with Crippen molar-refractivity contribution in [1.29, 1.82) is 0 Å². The molecule has 1 saturated carbocycles. The predicted molar refractivity (Wildman–Crippen MR) is 75.3 cm³/mol. The Morgan fingerprint density at radius 3 is 2.95 bits per heavy atom. The lowest BCUT2D eigenvalue weighted by atomic mass is 9.89. The molecular weight excluding hydrogens is 238 g/mol. The van der Waals surface area contributed by atoms with Crippen LogP contribution in [0.5, 0.6) is 6.01 Å². The third-order valence-corrected chi connectivity index (χ3v) is 3.95. The van der Waals surface area contributed by atoms with Gasteiger partial charge < -0.3 is 4.74 Å². The summed E-state index contributed by atoms with van der Waals surface area (Å²) in [7, 11) is 0. The Bertz CT molecular complexity index is 543. The molecule has 0 atom stereocenters. The van der Waals surface area contributed by atoms with Crippen molar-refractivity contribution in [1.82, 2.24) is 14.5 Å². The fourth-order valence-corrected chi connectivity index (χ4v) is 3.00. The van der Waals surface area contributed by atoms with Gasteiger partial charge in [-0.15, -0.1) is 0 Å². The minimum Gasteiger partial charge on any atom is -0.465 e. The van der Waals surface area contributed by atoms with Crippen LogP contribution in [0.15, 0.2) is 18.5 Å². The van der Waals surface area contributed by atoms with Gasteiger partial charge in [0.05, 0.1) is 18.3 Å². The molecule has 102 valence electrons. The number of hydrogen-bond donors (Lipinski definition) is 0. The van der Waals surface area contributed by atoms with Gasteiger partial charge in [0.1, 0.15) is 5.52 Å². The zero-order chi connectivity index (χ0) is 13.1. The number of rotatable bonds is 4. The highest BCUT2D eigenvalue weighted by Gasteiger charge is 2.18. The van der Waals surface area contributed by atoms with E-state index >= 15 is 0 Å². The van der Waals surface area contributed by atoms with Crippen LogP contribution in [-0.2, 0) is 6.54 Å². The standard InChI is InChI=1S/C15H21N3O/c1-2-19-15-17-13-10-16-9-8-14(13)18(15)11-12-6-4-3-5-7-12/h8-10,12H,2-7,11H2,1H3. The highest BCUT2D eigenvalue weighted by atomic mass is 16.5. The fraction of sp³-hybridized carbons (Fsp3) is 0.600. The molecule has 0 N–H and O–H groups in total. The summed E-state index contributed by atoms with van der Waals surface area (Å²) < 4.78 is 7.92. The number of nitrogens with zero attached hydrogens (tertiary/aromatic N) is 3. The van der Waals surface area contributed by atoms with E-state index in [1.807, 2.05) is 25.4 Å². The van der Waals surface area contributed by atoms with Crippen molar-refractivity contribution in [3.05, 3.63) is 18.5 Å². The molecule has 1 aliphatic carbocycles. The molecule has 0 radical (unpaired) electrons.